The predicted octanol–water partition coefficient (Wildman–Crippen LogP) is 4.01. The number of hydrogen-bond donors (Lipinski definition) is 0. The van der Waals surface area contributed by atoms with Gasteiger partial charge in [0.05, 0.1) is 0 Å². The smallest absolute Gasteiger partial charge is 0.0205 e. The third-order valence-corrected chi connectivity index (χ3v) is 4.17. The molecule has 78 valence electrons. The normalized spacial score (nSPS) is 25.6. The highest BCUT2D eigenvalue weighted by molar-refractivity contribution is 4.96. The van der Waals surface area contributed by atoms with Gasteiger partial charge in [0, 0.05) is 5.92 Å². The molecule has 0 aromatic rings. The van der Waals surface area contributed by atoms with Crippen LogP contribution in [0.15, 0.2) is 0 Å². The zero-order chi connectivity index (χ0) is 9.80. The number of terminal acetylenes is 1. The minimum atomic E-state index is 0.600. The summed E-state index contributed by atoms with van der Waals surface area (Å²) in [7, 11) is 0. The van der Waals surface area contributed by atoms with Crippen molar-refractivity contribution in [3.8, 4) is 12.3 Å². The van der Waals surface area contributed by atoms with E-state index in [-0.39, 0.29) is 0 Å². The second-order valence-corrected chi connectivity index (χ2v) is 5.28. The molecule has 0 aromatic heterocycles. The first-order valence-electron chi connectivity index (χ1n) is 6.34. The van der Waals surface area contributed by atoms with Gasteiger partial charge in [-0.3, -0.25) is 0 Å². The van der Waals surface area contributed by atoms with Gasteiger partial charge in [0.2, 0.25) is 0 Å². The van der Waals surface area contributed by atoms with Crippen molar-refractivity contribution in [3.05, 3.63) is 0 Å². The summed E-state index contributed by atoms with van der Waals surface area (Å²) in [6, 6.07) is 0. The second kappa shape index (κ2) is 4.87. The fourth-order valence-corrected chi connectivity index (χ4v) is 3.01. The van der Waals surface area contributed by atoms with Crippen LogP contribution in [0.3, 0.4) is 0 Å². The summed E-state index contributed by atoms with van der Waals surface area (Å²) in [5.41, 5.74) is 0. The zero-order valence-corrected chi connectivity index (χ0v) is 9.17. The Kier molecular flexibility index (Phi) is 3.51. The second-order valence-electron chi connectivity index (χ2n) is 5.28. The van der Waals surface area contributed by atoms with Crippen LogP contribution in [-0.2, 0) is 0 Å². The highest BCUT2D eigenvalue weighted by atomic mass is 14.3. The molecule has 0 spiro atoms. The molecule has 0 bridgehead atoms. The molecule has 2 rings (SSSR count). The van der Waals surface area contributed by atoms with Crippen LogP contribution in [0.2, 0.25) is 0 Å². The zero-order valence-electron chi connectivity index (χ0n) is 9.17. The Labute approximate surface area is 88.5 Å². The third kappa shape index (κ3) is 2.53. The van der Waals surface area contributed by atoms with E-state index >= 15 is 0 Å². The molecule has 0 nitrogen and oxygen atoms in total. The lowest BCUT2D eigenvalue weighted by Crippen LogP contribution is -2.16. The Hall–Kier alpha value is -0.440. The van der Waals surface area contributed by atoms with E-state index in [0.29, 0.717) is 5.92 Å². The maximum Gasteiger partial charge on any atom is 0.0205 e. The minimum Gasteiger partial charge on any atom is -0.120 e. The minimum absolute atomic E-state index is 0.600. The summed E-state index contributed by atoms with van der Waals surface area (Å²) in [6.07, 6.45) is 18.4. The van der Waals surface area contributed by atoms with Crippen molar-refractivity contribution in [2.45, 2.75) is 57.8 Å². The van der Waals surface area contributed by atoms with E-state index in [0.717, 1.165) is 11.8 Å². The van der Waals surface area contributed by atoms with Crippen LogP contribution in [0.5, 0.6) is 0 Å². The van der Waals surface area contributed by atoms with Gasteiger partial charge in [-0.25, -0.2) is 0 Å². The predicted molar refractivity (Wildman–Crippen MR) is 60.9 cm³/mol. The average Bonchev–Trinajstić information content (AvgIpc) is 2.61. The molecule has 14 heavy (non-hydrogen) atoms. The van der Waals surface area contributed by atoms with E-state index in [4.69, 9.17) is 6.42 Å². The first-order chi connectivity index (χ1) is 6.88. The van der Waals surface area contributed by atoms with Crippen LogP contribution in [-0.4, -0.2) is 0 Å². The largest absolute Gasteiger partial charge is 0.120 e. The van der Waals surface area contributed by atoms with Crippen LogP contribution in [0.25, 0.3) is 0 Å². The topological polar surface area (TPSA) is 0 Å². The van der Waals surface area contributed by atoms with Gasteiger partial charge >= 0.3 is 0 Å². The first-order valence-corrected chi connectivity index (χ1v) is 6.34. The molecule has 2 saturated carbocycles. The molecule has 0 N–H and O–H groups in total. The van der Waals surface area contributed by atoms with Gasteiger partial charge in [0.15, 0.2) is 0 Å². The summed E-state index contributed by atoms with van der Waals surface area (Å²) in [5, 5.41) is 0. The molecule has 0 radical (unpaired) electrons. The Balaban J connectivity index is 1.71. The van der Waals surface area contributed by atoms with Crippen LogP contribution in [0.1, 0.15) is 57.8 Å². The quantitative estimate of drug-likeness (QED) is 0.588. The molecule has 0 heterocycles. The van der Waals surface area contributed by atoms with Crippen LogP contribution >= 0.6 is 0 Å². The molecule has 0 heteroatoms. The number of hydrogen-bond acceptors (Lipinski definition) is 0. The lowest BCUT2D eigenvalue weighted by atomic mass is 9.77. The maximum atomic E-state index is 5.63. The molecule has 2 fully saturated rings. The van der Waals surface area contributed by atoms with E-state index in [1.54, 1.807) is 0 Å². The van der Waals surface area contributed by atoms with Gasteiger partial charge in [-0.05, 0) is 24.7 Å². The van der Waals surface area contributed by atoms with Crippen molar-refractivity contribution < 1.29 is 0 Å². The van der Waals surface area contributed by atoms with Crippen molar-refractivity contribution >= 4 is 0 Å². The van der Waals surface area contributed by atoms with Crippen LogP contribution in [0.4, 0.5) is 0 Å². The summed E-state index contributed by atoms with van der Waals surface area (Å²) in [4.78, 5) is 0. The standard InChI is InChI=1S/C14H22/c1-2-12(11-14-8-5-9-14)10-13-6-3-4-7-13/h1,12-14H,3-11H2. The molecule has 2 aliphatic carbocycles. The monoisotopic (exact) mass is 190 g/mol. The summed E-state index contributed by atoms with van der Waals surface area (Å²) in [5.74, 6) is 5.58. The molecule has 1 atom stereocenters. The van der Waals surface area contributed by atoms with Gasteiger partial charge in [0.25, 0.3) is 0 Å². The van der Waals surface area contributed by atoms with Crippen molar-refractivity contribution in [2.24, 2.45) is 17.8 Å². The van der Waals surface area contributed by atoms with Gasteiger partial charge in [0.1, 0.15) is 0 Å². The SMILES string of the molecule is C#CC(CC1CCCC1)CC1CCC1. The van der Waals surface area contributed by atoms with Crippen LogP contribution < -0.4 is 0 Å². The van der Waals surface area contributed by atoms with Crippen molar-refractivity contribution in [3.63, 3.8) is 0 Å². The van der Waals surface area contributed by atoms with Crippen molar-refractivity contribution in [1.82, 2.24) is 0 Å². The van der Waals surface area contributed by atoms with Gasteiger partial charge in [-0.1, -0.05) is 44.9 Å². The molecule has 0 aliphatic heterocycles. The molecule has 1 unspecified atom stereocenters. The Morgan fingerprint density at radius 3 is 1.79 bits per heavy atom. The fourth-order valence-electron chi connectivity index (χ4n) is 3.01. The van der Waals surface area contributed by atoms with Crippen LogP contribution in [0, 0.1) is 30.1 Å². The Morgan fingerprint density at radius 2 is 1.43 bits per heavy atom. The Bertz CT molecular complexity index is 201. The summed E-state index contributed by atoms with van der Waals surface area (Å²) >= 11 is 0. The highest BCUT2D eigenvalue weighted by Crippen LogP contribution is 2.36. The van der Waals surface area contributed by atoms with E-state index < -0.39 is 0 Å². The first kappa shape index (κ1) is 10.1. The molecule has 0 amide bonds. The average molecular weight is 190 g/mol. The molecule has 0 saturated heterocycles. The number of rotatable bonds is 4. The van der Waals surface area contributed by atoms with Gasteiger partial charge < -0.3 is 0 Å². The lowest BCUT2D eigenvalue weighted by molar-refractivity contribution is 0.253. The third-order valence-electron chi connectivity index (χ3n) is 4.17. The van der Waals surface area contributed by atoms with E-state index in [9.17, 15) is 0 Å². The van der Waals surface area contributed by atoms with E-state index in [1.165, 1.54) is 57.8 Å². The van der Waals surface area contributed by atoms with E-state index in [1.807, 2.05) is 0 Å². The molecular formula is C14H22. The highest BCUT2D eigenvalue weighted by Gasteiger charge is 2.24. The fraction of sp³-hybridized carbons (Fsp3) is 0.857. The molecule has 2 aliphatic rings. The Morgan fingerprint density at radius 1 is 0.929 bits per heavy atom. The summed E-state index contributed by atoms with van der Waals surface area (Å²) in [6.45, 7) is 0. The van der Waals surface area contributed by atoms with Gasteiger partial charge in [-0.15, -0.1) is 12.3 Å². The van der Waals surface area contributed by atoms with E-state index in [2.05, 4.69) is 5.92 Å². The van der Waals surface area contributed by atoms with Crippen molar-refractivity contribution in [2.75, 3.05) is 0 Å². The van der Waals surface area contributed by atoms with Gasteiger partial charge in [-0.2, -0.15) is 0 Å². The summed E-state index contributed by atoms with van der Waals surface area (Å²) < 4.78 is 0. The molecular weight excluding hydrogens is 168 g/mol. The maximum absolute atomic E-state index is 5.63. The van der Waals surface area contributed by atoms with Crippen molar-refractivity contribution in [1.29, 1.82) is 0 Å². The lowest BCUT2D eigenvalue weighted by Gasteiger charge is -2.28. The molecule has 0 aromatic carbocycles.